The first-order valence-electron chi connectivity index (χ1n) is 9.64. The van der Waals surface area contributed by atoms with Crippen molar-refractivity contribution in [1.29, 1.82) is 0 Å². The van der Waals surface area contributed by atoms with E-state index in [1.807, 2.05) is 25.1 Å². The standard InChI is InChI=1S/C20H27N3O3/c1-14-6-7-18-17(13-14)23(20(25)26-18)12-9-19(24)22-10-4-3-5-15-16(22)8-11-21(15)2/h6-7,13,15-16H,3-5,8-12H2,1-2H3/t15-,16-/m1/s1. The lowest BCUT2D eigenvalue weighted by Gasteiger charge is -2.32. The summed E-state index contributed by atoms with van der Waals surface area (Å²) in [4.78, 5) is 29.6. The zero-order valence-electron chi connectivity index (χ0n) is 15.6. The highest BCUT2D eigenvalue weighted by Crippen LogP contribution is 2.29. The largest absolute Gasteiger partial charge is 0.419 e. The Hall–Kier alpha value is -2.08. The Balaban J connectivity index is 1.51. The molecule has 1 amide bonds. The molecule has 2 aromatic rings. The second kappa shape index (κ2) is 6.91. The zero-order chi connectivity index (χ0) is 18.3. The molecule has 26 heavy (non-hydrogen) atoms. The van der Waals surface area contributed by atoms with Gasteiger partial charge in [0.1, 0.15) is 0 Å². The van der Waals surface area contributed by atoms with Crippen molar-refractivity contribution in [3.63, 3.8) is 0 Å². The van der Waals surface area contributed by atoms with Gasteiger partial charge in [-0.3, -0.25) is 9.36 Å². The van der Waals surface area contributed by atoms with Crippen LogP contribution in [0, 0.1) is 6.92 Å². The molecule has 2 aliphatic rings. The van der Waals surface area contributed by atoms with E-state index in [1.54, 1.807) is 4.57 Å². The van der Waals surface area contributed by atoms with Crippen molar-refractivity contribution in [3.05, 3.63) is 34.3 Å². The van der Waals surface area contributed by atoms with Gasteiger partial charge in [-0.15, -0.1) is 0 Å². The predicted octanol–water partition coefficient (Wildman–Crippen LogP) is 2.38. The normalized spacial score (nSPS) is 24.0. The fourth-order valence-electron chi connectivity index (χ4n) is 4.61. The third-order valence-corrected chi connectivity index (χ3v) is 6.03. The minimum absolute atomic E-state index is 0.158. The minimum Gasteiger partial charge on any atom is -0.408 e. The Bertz CT molecular complexity index is 869. The fraction of sp³-hybridized carbons (Fsp3) is 0.600. The quantitative estimate of drug-likeness (QED) is 0.846. The number of aryl methyl sites for hydroxylation is 2. The second-order valence-electron chi connectivity index (χ2n) is 7.73. The summed E-state index contributed by atoms with van der Waals surface area (Å²) < 4.78 is 6.90. The molecule has 1 aromatic carbocycles. The van der Waals surface area contributed by atoms with Crippen molar-refractivity contribution in [2.45, 2.75) is 57.7 Å². The van der Waals surface area contributed by atoms with E-state index in [0.29, 0.717) is 30.6 Å². The fourth-order valence-corrected chi connectivity index (χ4v) is 4.61. The molecule has 0 aliphatic carbocycles. The molecule has 1 aromatic heterocycles. The molecule has 140 valence electrons. The number of oxazole rings is 1. The number of likely N-dealkylation sites (tertiary alicyclic amines) is 2. The molecular weight excluding hydrogens is 330 g/mol. The highest BCUT2D eigenvalue weighted by atomic mass is 16.4. The maximum atomic E-state index is 13.0. The van der Waals surface area contributed by atoms with Crippen LogP contribution in [0.5, 0.6) is 0 Å². The number of rotatable bonds is 3. The summed E-state index contributed by atoms with van der Waals surface area (Å²) in [6.45, 7) is 4.26. The van der Waals surface area contributed by atoms with Crippen LogP contribution < -0.4 is 5.76 Å². The molecular formula is C20H27N3O3. The van der Waals surface area contributed by atoms with E-state index in [-0.39, 0.29) is 11.7 Å². The molecule has 4 rings (SSSR count). The Kier molecular flexibility index (Phi) is 4.61. The molecule has 3 heterocycles. The average Bonchev–Trinajstić information content (AvgIpc) is 3.03. The maximum Gasteiger partial charge on any atom is 0.419 e. The average molecular weight is 357 g/mol. The van der Waals surface area contributed by atoms with Gasteiger partial charge in [0.25, 0.3) is 0 Å². The topological polar surface area (TPSA) is 58.7 Å². The number of carbonyl (C=O) groups excluding carboxylic acids is 1. The molecule has 6 heteroatoms. The summed E-state index contributed by atoms with van der Waals surface area (Å²) in [5.41, 5.74) is 2.43. The molecule has 0 unspecified atom stereocenters. The lowest BCUT2D eigenvalue weighted by atomic mass is 10.0. The van der Waals surface area contributed by atoms with E-state index in [0.717, 1.165) is 37.0 Å². The van der Waals surface area contributed by atoms with Crippen molar-refractivity contribution < 1.29 is 9.21 Å². The molecule has 2 saturated heterocycles. The zero-order valence-corrected chi connectivity index (χ0v) is 15.6. The van der Waals surface area contributed by atoms with E-state index in [9.17, 15) is 9.59 Å². The number of aromatic nitrogens is 1. The highest BCUT2D eigenvalue weighted by molar-refractivity contribution is 5.77. The van der Waals surface area contributed by atoms with Crippen molar-refractivity contribution in [1.82, 2.24) is 14.4 Å². The van der Waals surface area contributed by atoms with Crippen LogP contribution >= 0.6 is 0 Å². The minimum atomic E-state index is -0.382. The molecule has 0 bridgehead atoms. The van der Waals surface area contributed by atoms with E-state index in [1.165, 1.54) is 12.8 Å². The summed E-state index contributed by atoms with van der Waals surface area (Å²) in [6.07, 6.45) is 4.83. The van der Waals surface area contributed by atoms with Crippen LogP contribution in [0.2, 0.25) is 0 Å². The number of hydrogen-bond donors (Lipinski definition) is 0. The highest BCUT2D eigenvalue weighted by Gasteiger charge is 2.38. The second-order valence-corrected chi connectivity index (χ2v) is 7.73. The molecule has 0 radical (unpaired) electrons. The number of likely N-dealkylation sites (N-methyl/N-ethyl adjacent to an activating group) is 1. The van der Waals surface area contributed by atoms with E-state index in [2.05, 4.69) is 16.8 Å². The Morgan fingerprint density at radius 1 is 1.19 bits per heavy atom. The number of carbonyl (C=O) groups is 1. The lowest BCUT2D eigenvalue weighted by Crippen LogP contribution is -2.46. The third-order valence-electron chi connectivity index (χ3n) is 6.03. The van der Waals surface area contributed by atoms with Gasteiger partial charge in [-0.05, 0) is 50.9 Å². The molecule has 2 atom stereocenters. The molecule has 2 fully saturated rings. The van der Waals surface area contributed by atoms with Gasteiger partial charge in [-0.1, -0.05) is 12.5 Å². The van der Waals surface area contributed by atoms with Crippen LogP contribution in [0.1, 0.15) is 37.7 Å². The molecule has 0 saturated carbocycles. The van der Waals surface area contributed by atoms with Gasteiger partial charge in [-0.2, -0.15) is 0 Å². The molecule has 6 nitrogen and oxygen atoms in total. The van der Waals surface area contributed by atoms with Crippen LogP contribution in [0.25, 0.3) is 11.1 Å². The van der Waals surface area contributed by atoms with Gasteiger partial charge in [-0.25, -0.2) is 4.79 Å². The number of fused-ring (bicyclic) bond motifs is 2. The monoisotopic (exact) mass is 357 g/mol. The van der Waals surface area contributed by atoms with Gasteiger partial charge in [0.05, 0.1) is 5.52 Å². The summed E-state index contributed by atoms with van der Waals surface area (Å²) >= 11 is 0. The first-order valence-corrected chi connectivity index (χ1v) is 9.64. The van der Waals surface area contributed by atoms with Gasteiger partial charge >= 0.3 is 5.76 Å². The van der Waals surface area contributed by atoms with E-state index >= 15 is 0 Å². The Labute approximate surface area is 153 Å². The van der Waals surface area contributed by atoms with Crippen LogP contribution in [-0.4, -0.2) is 52.5 Å². The van der Waals surface area contributed by atoms with Gasteiger partial charge in [0, 0.05) is 38.1 Å². The number of nitrogens with zero attached hydrogens (tertiary/aromatic N) is 3. The predicted molar refractivity (Wildman–Crippen MR) is 100 cm³/mol. The van der Waals surface area contributed by atoms with Crippen molar-refractivity contribution >= 4 is 17.0 Å². The maximum absolute atomic E-state index is 13.0. The van der Waals surface area contributed by atoms with Gasteiger partial charge < -0.3 is 14.2 Å². The van der Waals surface area contributed by atoms with Gasteiger partial charge in [0.2, 0.25) is 5.91 Å². The SMILES string of the molecule is Cc1ccc2oc(=O)n(CCC(=O)N3CCCC[C@@H]4[C@H]3CCN4C)c2c1. The number of amides is 1. The first-order chi connectivity index (χ1) is 12.5. The number of hydrogen-bond acceptors (Lipinski definition) is 4. The van der Waals surface area contributed by atoms with Gasteiger partial charge in [0.15, 0.2) is 5.58 Å². The van der Waals surface area contributed by atoms with Crippen molar-refractivity contribution in [2.24, 2.45) is 0 Å². The van der Waals surface area contributed by atoms with Crippen molar-refractivity contribution in [2.75, 3.05) is 20.1 Å². The van der Waals surface area contributed by atoms with Crippen LogP contribution in [-0.2, 0) is 11.3 Å². The van der Waals surface area contributed by atoms with E-state index < -0.39 is 0 Å². The third kappa shape index (κ3) is 3.07. The number of benzene rings is 1. The van der Waals surface area contributed by atoms with Crippen LogP contribution in [0.4, 0.5) is 0 Å². The molecule has 0 N–H and O–H groups in total. The summed E-state index contributed by atoms with van der Waals surface area (Å²) in [7, 11) is 2.16. The van der Waals surface area contributed by atoms with Crippen LogP contribution in [0.3, 0.4) is 0 Å². The molecule has 2 aliphatic heterocycles. The summed E-state index contributed by atoms with van der Waals surface area (Å²) in [5, 5.41) is 0. The smallest absolute Gasteiger partial charge is 0.408 e. The summed E-state index contributed by atoms with van der Waals surface area (Å²) in [6, 6.07) is 6.50. The van der Waals surface area contributed by atoms with E-state index in [4.69, 9.17) is 4.42 Å². The Morgan fingerprint density at radius 2 is 2.04 bits per heavy atom. The Morgan fingerprint density at radius 3 is 2.88 bits per heavy atom. The molecule has 0 spiro atoms. The summed E-state index contributed by atoms with van der Waals surface area (Å²) in [5.74, 6) is -0.223. The van der Waals surface area contributed by atoms with Crippen molar-refractivity contribution in [3.8, 4) is 0 Å². The van der Waals surface area contributed by atoms with Crippen LogP contribution in [0.15, 0.2) is 27.4 Å². The lowest BCUT2D eigenvalue weighted by molar-refractivity contribution is -0.134. The first kappa shape index (κ1) is 17.3.